The zero-order valence-corrected chi connectivity index (χ0v) is 8.02. The van der Waals surface area contributed by atoms with E-state index in [0.29, 0.717) is 5.56 Å². The molecule has 2 N–H and O–H groups in total. The van der Waals surface area contributed by atoms with Crippen LogP contribution in [0.25, 0.3) is 0 Å². The molecule has 0 spiro atoms. The van der Waals surface area contributed by atoms with Gasteiger partial charge in [-0.15, -0.1) is 0 Å². The van der Waals surface area contributed by atoms with Crippen LogP contribution in [0, 0.1) is 0 Å². The topological polar surface area (TPSA) is 66.8 Å². The maximum absolute atomic E-state index is 10.7. The monoisotopic (exact) mass is 196 g/mol. The summed E-state index contributed by atoms with van der Waals surface area (Å²) in [4.78, 5) is 14.9. The van der Waals surface area contributed by atoms with E-state index in [-0.39, 0.29) is 5.56 Å². The van der Waals surface area contributed by atoms with Gasteiger partial charge in [-0.2, -0.15) is 0 Å². The second-order valence-electron chi connectivity index (χ2n) is 3.49. The van der Waals surface area contributed by atoms with Gasteiger partial charge in [-0.1, -0.05) is 12.1 Å². The molecule has 76 valence electrons. The van der Waals surface area contributed by atoms with Crippen LogP contribution in [0.4, 0.5) is 0 Å². The number of hydrogen-bond donors (Lipinski definition) is 2. The summed E-state index contributed by atoms with van der Waals surface area (Å²) in [5.41, 5.74) is -0.113. The molecule has 0 atom stereocenters. The van der Waals surface area contributed by atoms with Crippen molar-refractivity contribution in [2.75, 3.05) is 0 Å². The first kappa shape index (κ1) is 10.7. The molecule has 4 nitrogen and oxygen atoms in total. The van der Waals surface area contributed by atoms with Crippen molar-refractivity contribution in [3.05, 3.63) is 35.4 Å². The van der Waals surface area contributed by atoms with Gasteiger partial charge in [0, 0.05) is 0 Å². The van der Waals surface area contributed by atoms with Gasteiger partial charge < -0.3 is 5.11 Å². The van der Waals surface area contributed by atoms with Crippen LogP contribution in [-0.2, 0) is 10.5 Å². The lowest BCUT2D eigenvalue weighted by Crippen LogP contribution is -2.20. The van der Waals surface area contributed by atoms with Crippen molar-refractivity contribution in [2.45, 2.75) is 19.4 Å². The Labute approximate surface area is 81.7 Å². The summed E-state index contributed by atoms with van der Waals surface area (Å²) < 4.78 is 0. The number of rotatable bonds is 3. The van der Waals surface area contributed by atoms with Gasteiger partial charge in [0.2, 0.25) is 0 Å². The van der Waals surface area contributed by atoms with Gasteiger partial charge in [-0.25, -0.2) is 9.68 Å². The van der Waals surface area contributed by atoms with Gasteiger partial charge in [-0.3, -0.25) is 5.26 Å². The van der Waals surface area contributed by atoms with E-state index in [0.717, 1.165) is 0 Å². The van der Waals surface area contributed by atoms with E-state index in [1.165, 1.54) is 12.1 Å². The Morgan fingerprint density at radius 1 is 1.43 bits per heavy atom. The summed E-state index contributed by atoms with van der Waals surface area (Å²) in [6.07, 6.45) is 0. The van der Waals surface area contributed by atoms with E-state index >= 15 is 0 Å². The van der Waals surface area contributed by atoms with Crippen LogP contribution >= 0.6 is 0 Å². The van der Waals surface area contributed by atoms with E-state index in [1.54, 1.807) is 26.0 Å². The fourth-order valence-corrected chi connectivity index (χ4v) is 1.08. The normalized spacial score (nSPS) is 11.4. The number of aromatic carboxylic acids is 1. The van der Waals surface area contributed by atoms with Crippen LogP contribution in [0.15, 0.2) is 24.3 Å². The zero-order valence-electron chi connectivity index (χ0n) is 8.02. The predicted octanol–water partition coefficient (Wildman–Crippen LogP) is 2.11. The van der Waals surface area contributed by atoms with Crippen molar-refractivity contribution in [3.63, 3.8) is 0 Å². The molecule has 0 saturated heterocycles. The molecule has 1 aromatic rings. The highest BCUT2D eigenvalue weighted by atomic mass is 17.1. The molecule has 0 aromatic heterocycles. The van der Waals surface area contributed by atoms with Crippen molar-refractivity contribution >= 4 is 5.97 Å². The molecule has 0 aliphatic heterocycles. The lowest BCUT2D eigenvalue weighted by atomic mass is 9.96. The fraction of sp³-hybridized carbons (Fsp3) is 0.300. The number of benzene rings is 1. The van der Waals surface area contributed by atoms with Crippen molar-refractivity contribution in [3.8, 4) is 0 Å². The molecule has 14 heavy (non-hydrogen) atoms. The minimum absolute atomic E-state index is 0.174. The van der Waals surface area contributed by atoms with Gasteiger partial charge in [0.15, 0.2) is 0 Å². The van der Waals surface area contributed by atoms with E-state index in [9.17, 15) is 4.79 Å². The third-order valence-corrected chi connectivity index (χ3v) is 2.03. The molecule has 4 heteroatoms. The third-order valence-electron chi connectivity index (χ3n) is 2.03. The molecule has 0 unspecified atom stereocenters. The highest BCUT2D eigenvalue weighted by molar-refractivity contribution is 5.87. The van der Waals surface area contributed by atoms with E-state index in [2.05, 4.69) is 4.89 Å². The molecular weight excluding hydrogens is 184 g/mol. The Morgan fingerprint density at radius 3 is 2.57 bits per heavy atom. The maximum atomic E-state index is 10.7. The number of hydrogen-bond acceptors (Lipinski definition) is 3. The molecule has 0 aliphatic rings. The zero-order chi connectivity index (χ0) is 10.8. The first-order chi connectivity index (χ1) is 6.47. The first-order valence-corrected chi connectivity index (χ1v) is 4.14. The second-order valence-corrected chi connectivity index (χ2v) is 3.49. The van der Waals surface area contributed by atoms with Gasteiger partial charge in [0.25, 0.3) is 0 Å². The molecule has 1 rings (SSSR count). The largest absolute Gasteiger partial charge is 0.478 e. The third kappa shape index (κ3) is 2.10. The lowest BCUT2D eigenvalue weighted by Gasteiger charge is -2.20. The number of carbonyl (C=O) groups is 1. The van der Waals surface area contributed by atoms with Crippen molar-refractivity contribution in [1.82, 2.24) is 0 Å². The van der Waals surface area contributed by atoms with Crippen LogP contribution in [0.3, 0.4) is 0 Å². The highest BCUT2D eigenvalue weighted by Crippen LogP contribution is 2.24. The molecule has 0 bridgehead atoms. The Morgan fingerprint density at radius 2 is 2.07 bits per heavy atom. The lowest BCUT2D eigenvalue weighted by molar-refractivity contribution is -0.318. The van der Waals surface area contributed by atoms with Crippen molar-refractivity contribution in [2.24, 2.45) is 0 Å². The van der Waals surface area contributed by atoms with E-state index in [1.807, 2.05) is 0 Å². The molecule has 0 heterocycles. The smallest absolute Gasteiger partial charge is 0.335 e. The molecule has 0 saturated carbocycles. The molecular formula is C10H12O4. The van der Waals surface area contributed by atoms with Gasteiger partial charge in [0.05, 0.1) is 5.56 Å². The van der Waals surface area contributed by atoms with Crippen LogP contribution in [0.2, 0.25) is 0 Å². The van der Waals surface area contributed by atoms with E-state index < -0.39 is 11.6 Å². The summed E-state index contributed by atoms with van der Waals surface area (Å²) in [7, 11) is 0. The van der Waals surface area contributed by atoms with Crippen LogP contribution in [0.1, 0.15) is 29.8 Å². The standard InChI is InChI=1S/C10H12O4/c1-10(2,14-13)8-5-3-4-7(6-8)9(11)12/h3-6,13H,1-2H3,(H,11,12). The Bertz CT molecular complexity index is 344. The highest BCUT2D eigenvalue weighted by Gasteiger charge is 2.22. The van der Waals surface area contributed by atoms with Crippen LogP contribution in [0.5, 0.6) is 0 Å². The SMILES string of the molecule is CC(C)(OO)c1cccc(C(=O)O)c1. The van der Waals surface area contributed by atoms with Crippen LogP contribution < -0.4 is 0 Å². The average molecular weight is 196 g/mol. The minimum atomic E-state index is -0.999. The fourth-order valence-electron chi connectivity index (χ4n) is 1.08. The summed E-state index contributed by atoms with van der Waals surface area (Å²) >= 11 is 0. The summed E-state index contributed by atoms with van der Waals surface area (Å²) in [5.74, 6) is -0.999. The number of carboxylic acids is 1. The minimum Gasteiger partial charge on any atom is -0.478 e. The van der Waals surface area contributed by atoms with E-state index in [4.69, 9.17) is 10.4 Å². The molecule has 0 radical (unpaired) electrons. The number of carboxylic acid groups (broad SMARTS) is 1. The second kappa shape index (κ2) is 3.77. The Hall–Kier alpha value is -1.39. The average Bonchev–Trinajstić information content (AvgIpc) is 2.18. The molecule has 1 aromatic carbocycles. The Balaban J connectivity index is 3.12. The van der Waals surface area contributed by atoms with Crippen LogP contribution in [-0.4, -0.2) is 16.3 Å². The molecule has 0 aliphatic carbocycles. The molecule has 0 fully saturated rings. The first-order valence-electron chi connectivity index (χ1n) is 4.14. The van der Waals surface area contributed by atoms with Crippen molar-refractivity contribution < 1.29 is 20.0 Å². The maximum Gasteiger partial charge on any atom is 0.335 e. The summed E-state index contributed by atoms with van der Waals surface area (Å²) in [6, 6.07) is 6.26. The quantitative estimate of drug-likeness (QED) is 0.574. The van der Waals surface area contributed by atoms with Gasteiger partial charge >= 0.3 is 5.97 Å². The van der Waals surface area contributed by atoms with Gasteiger partial charge in [-0.05, 0) is 31.5 Å². The Kier molecular flexibility index (Phi) is 2.88. The molecule has 0 amide bonds. The summed E-state index contributed by atoms with van der Waals surface area (Å²) in [5, 5.41) is 17.4. The predicted molar refractivity (Wildman–Crippen MR) is 50.1 cm³/mol. The summed E-state index contributed by atoms with van der Waals surface area (Å²) in [6.45, 7) is 3.29. The van der Waals surface area contributed by atoms with Crippen molar-refractivity contribution in [1.29, 1.82) is 0 Å². The van der Waals surface area contributed by atoms with Gasteiger partial charge in [0.1, 0.15) is 5.60 Å².